The van der Waals surface area contributed by atoms with Gasteiger partial charge in [0.15, 0.2) is 0 Å². The second kappa shape index (κ2) is 4.71. The summed E-state index contributed by atoms with van der Waals surface area (Å²) in [5, 5.41) is 4.77. The second-order valence-electron chi connectivity index (χ2n) is 4.42. The van der Waals surface area contributed by atoms with Gasteiger partial charge in [-0.1, -0.05) is 13.0 Å². The van der Waals surface area contributed by atoms with E-state index in [2.05, 4.69) is 49.4 Å². The summed E-state index contributed by atoms with van der Waals surface area (Å²) in [6.45, 7) is 8.58. The minimum atomic E-state index is 1.04. The Hall–Kier alpha value is -1.28. The predicted octanol–water partition coefficient (Wildman–Crippen LogP) is 2.94. The molecule has 0 atom stereocenters. The molecule has 0 amide bonds. The molecule has 0 bridgehead atoms. The van der Waals surface area contributed by atoms with Crippen molar-refractivity contribution in [1.29, 1.82) is 0 Å². The van der Waals surface area contributed by atoms with Crippen molar-refractivity contribution in [1.82, 2.24) is 10.3 Å². The SMILES string of the molecule is CCNCCc1c[nH]c2cc(C)cc(C)c12. The van der Waals surface area contributed by atoms with E-state index in [9.17, 15) is 0 Å². The van der Waals surface area contributed by atoms with Crippen molar-refractivity contribution in [3.63, 3.8) is 0 Å². The van der Waals surface area contributed by atoms with Crippen LogP contribution < -0.4 is 5.32 Å². The first-order chi connectivity index (χ1) is 7.72. The maximum atomic E-state index is 3.37. The number of H-pyrrole nitrogens is 1. The molecule has 86 valence electrons. The lowest BCUT2D eigenvalue weighted by molar-refractivity contribution is 0.718. The van der Waals surface area contributed by atoms with Gasteiger partial charge in [-0.3, -0.25) is 0 Å². The van der Waals surface area contributed by atoms with Gasteiger partial charge >= 0.3 is 0 Å². The van der Waals surface area contributed by atoms with E-state index in [0.29, 0.717) is 0 Å². The summed E-state index contributed by atoms with van der Waals surface area (Å²) in [5.41, 5.74) is 5.39. The van der Waals surface area contributed by atoms with E-state index in [-0.39, 0.29) is 0 Å². The fourth-order valence-corrected chi connectivity index (χ4v) is 2.34. The number of aromatic nitrogens is 1. The highest BCUT2D eigenvalue weighted by Crippen LogP contribution is 2.23. The Bertz CT molecular complexity index is 483. The lowest BCUT2D eigenvalue weighted by Gasteiger charge is -2.04. The molecule has 16 heavy (non-hydrogen) atoms. The Kier molecular flexibility index (Phi) is 3.30. The maximum absolute atomic E-state index is 3.37. The quantitative estimate of drug-likeness (QED) is 0.756. The van der Waals surface area contributed by atoms with Crippen LogP contribution >= 0.6 is 0 Å². The number of aromatic amines is 1. The van der Waals surface area contributed by atoms with Crippen molar-refractivity contribution < 1.29 is 0 Å². The molecule has 2 rings (SSSR count). The Morgan fingerprint density at radius 2 is 2.06 bits per heavy atom. The van der Waals surface area contributed by atoms with E-state index in [1.165, 1.54) is 27.6 Å². The molecule has 0 spiro atoms. The third-order valence-electron chi connectivity index (χ3n) is 3.02. The number of likely N-dealkylation sites (N-methyl/N-ethyl adjacent to an activating group) is 1. The number of fused-ring (bicyclic) bond motifs is 1. The zero-order valence-corrected chi connectivity index (χ0v) is 10.4. The third-order valence-corrected chi connectivity index (χ3v) is 3.02. The van der Waals surface area contributed by atoms with E-state index in [1.807, 2.05) is 0 Å². The van der Waals surface area contributed by atoms with Crippen molar-refractivity contribution in [2.75, 3.05) is 13.1 Å². The van der Waals surface area contributed by atoms with Crippen LogP contribution in [0.3, 0.4) is 0 Å². The highest BCUT2D eigenvalue weighted by Gasteiger charge is 2.06. The molecule has 1 aromatic heterocycles. The zero-order chi connectivity index (χ0) is 11.5. The molecule has 0 unspecified atom stereocenters. The zero-order valence-electron chi connectivity index (χ0n) is 10.4. The number of benzene rings is 1. The third kappa shape index (κ3) is 2.12. The molecule has 0 saturated heterocycles. The highest BCUT2D eigenvalue weighted by molar-refractivity contribution is 5.87. The van der Waals surface area contributed by atoms with E-state index in [0.717, 1.165) is 19.5 Å². The van der Waals surface area contributed by atoms with Crippen LogP contribution in [0.25, 0.3) is 10.9 Å². The molecule has 1 aromatic carbocycles. The predicted molar refractivity (Wildman–Crippen MR) is 70.0 cm³/mol. The largest absolute Gasteiger partial charge is 0.361 e. The fourth-order valence-electron chi connectivity index (χ4n) is 2.34. The number of aryl methyl sites for hydroxylation is 2. The monoisotopic (exact) mass is 216 g/mol. The normalized spacial score (nSPS) is 11.2. The summed E-state index contributed by atoms with van der Waals surface area (Å²) < 4.78 is 0. The maximum Gasteiger partial charge on any atom is 0.0462 e. The first-order valence-corrected chi connectivity index (χ1v) is 6.00. The van der Waals surface area contributed by atoms with Crippen LogP contribution in [-0.2, 0) is 6.42 Å². The summed E-state index contributed by atoms with van der Waals surface area (Å²) in [4.78, 5) is 3.37. The number of hydrogen-bond donors (Lipinski definition) is 2. The minimum absolute atomic E-state index is 1.04. The lowest BCUT2D eigenvalue weighted by Crippen LogP contribution is -2.15. The Labute approximate surface area is 97.1 Å². The van der Waals surface area contributed by atoms with Crippen molar-refractivity contribution in [3.05, 3.63) is 35.0 Å². The van der Waals surface area contributed by atoms with Crippen molar-refractivity contribution >= 4 is 10.9 Å². The van der Waals surface area contributed by atoms with E-state index in [4.69, 9.17) is 0 Å². The van der Waals surface area contributed by atoms with Gasteiger partial charge in [-0.15, -0.1) is 0 Å². The molecule has 0 saturated carbocycles. The number of nitrogens with one attached hydrogen (secondary N) is 2. The summed E-state index contributed by atoms with van der Waals surface area (Å²) >= 11 is 0. The Balaban J connectivity index is 2.33. The van der Waals surface area contributed by atoms with Gasteiger partial charge in [0, 0.05) is 17.1 Å². The molecule has 2 heteroatoms. The smallest absolute Gasteiger partial charge is 0.0462 e. The Morgan fingerprint density at radius 1 is 1.25 bits per heavy atom. The molecule has 1 heterocycles. The van der Waals surface area contributed by atoms with Crippen molar-refractivity contribution in [2.45, 2.75) is 27.2 Å². The molecule has 0 aliphatic heterocycles. The number of rotatable bonds is 4. The van der Waals surface area contributed by atoms with Gasteiger partial charge in [-0.25, -0.2) is 0 Å². The second-order valence-corrected chi connectivity index (χ2v) is 4.42. The van der Waals surface area contributed by atoms with Crippen LogP contribution in [0.5, 0.6) is 0 Å². The van der Waals surface area contributed by atoms with Gasteiger partial charge in [0.25, 0.3) is 0 Å². The summed E-state index contributed by atoms with van der Waals surface area (Å²) in [6, 6.07) is 4.48. The fraction of sp³-hybridized carbons (Fsp3) is 0.429. The van der Waals surface area contributed by atoms with Crippen LogP contribution in [0.2, 0.25) is 0 Å². The highest BCUT2D eigenvalue weighted by atomic mass is 14.8. The molecular weight excluding hydrogens is 196 g/mol. The molecule has 0 radical (unpaired) electrons. The lowest BCUT2D eigenvalue weighted by atomic mass is 10.0. The van der Waals surface area contributed by atoms with Gasteiger partial charge in [-0.05, 0) is 56.1 Å². The molecule has 0 fully saturated rings. The average molecular weight is 216 g/mol. The first kappa shape index (κ1) is 11.2. The molecular formula is C14H20N2. The number of hydrogen-bond acceptors (Lipinski definition) is 1. The molecule has 2 nitrogen and oxygen atoms in total. The topological polar surface area (TPSA) is 27.8 Å². The molecule has 0 aliphatic rings. The van der Waals surface area contributed by atoms with E-state index in [1.54, 1.807) is 0 Å². The molecule has 2 N–H and O–H groups in total. The van der Waals surface area contributed by atoms with Crippen LogP contribution in [0, 0.1) is 13.8 Å². The summed E-state index contributed by atoms with van der Waals surface area (Å²) in [5.74, 6) is 0. The van der Waals surface area contributed by atoms with Gasteiger partial charge in [0.1, 0.15) is 0 Å². The molecule has 0 aliphatic carbocycles. The van der Waals surface area contributed by atoms with Crippen LogP contribution in [-0.4, -0.2) is 18.1 Å². The summed E-state index contributed by atoms with van der Waals surface area (Å²) in [7, 11) is 0. The van der Waals surface area contributed by atoms with Gasteiger partial charge < -0.3 is 10.3 Å². The average Bonchev–Trinajstić information content (AvgIpc) is 2.62. The van der Waals surface area contributed by atoms with Crippen LogP contribution in [0.15, 0.2) is 18.3 Å². The Morgan fingerprint density at radius 3 is 2.81 bits per heavy atom. The standard InChI is InChI=1S/C14H20N2/c1-4-15-6-5-12-9-16-13-8-10(2)7-11(3)14(12)13/h7-9,15-16H,4-6H2,1-3H3. The molecule has 2 aromatic rings. The van der Waals surface area contributed by atoms with Crippen LogP contribution in [0.1, 0.15) is 23.6 Å². The van der Waals surface area contributed by atoms with Gasteiger partial charge in [-0.2, -0.15) is 0 Å². The van der Waals surface area contributed by atoms with Crippen molar-refractivity contribution in [2.24, 2.45) is 0 Å². The minimum Gasteiger partial charge on any atom is -0.361 e. The van der Waals surface area contributed by atoms with Crippen molar-refractivity contribution in [3.8, 4) is 0 Å². The van der Waals surface area contributed by atoms with Gasteiger partial charge in [0.05, 0.1) is 0 Å². The summed E-state index contributed by atoms with van der Waals surface area (Å²) in [6.07, 6.45) is 3.24. The van der Waals surface area contributed by atoms with E-state index >= 15 is 0 Å². The first-order valence-electron chi connectivity index (χ1n) is 6.00. The van der Waals surface area contributed by atoms with Crippen LogP contribution in [0.4, 0.5) is 0 Å². The van der Waals surface area contributed by atoms with E-state index < -0.39 is 0 Å². The van der Waals surface area contributed by atoms with Gasteiger partial charge in [0.2, 0.25) is 0 Å².